The number of amides is 1. The zero-order chi connectivity index (χ0) is 13.0. The Bertz CT molecular complexity index is 285. The number of hydrogen-bond donors (Lipinski definition) is 2. The van der Waals surface area contributed by atoms with Crippen LogP contribution in [-0.2, 0) is 9.53 Å². The molecular formula is C13H24N2O2S. The van der Waals surface area contributed by atoms with E-state index in [0.717, 1.165) is 18.1 Å². The fraction of sp³-hybridized carbons (Fsp3) is 0.923. The van der Waals surface area contributed by atoms with Crippen LogP contribution in [0.25, 0.3) is 0 Å². The van der Waals surface area contributed by atoms with Crippen molar-refractivity contribution in [3.63, 3.8) is 0 Å². The summed E-state index contributed by atoms with van der Waals surface area (Å²) in [5, 5.41) is 3.92. The fourth-order valence-electron chi connectivity index (χ4n) is 2.73. The summed E-state index contributed by atoms with van der Waals surface area (Å²) < 4.78 is 5.27. The molecule has 5 heteroatoms. The SMILES string of the molecule is CSC1CCC(NC(=O)C2(N)CCOCC2)CC1. The van der Waals surface area contributed by atoms with Gasteiger partial charge in [-0.1, -0.05) is 0 Å². The van der Waals surface area contributed by atoms with Crippen LogP contribution in [0.15, 0.2) is 0 Å². The first-order valence-electron chi connectivity index (χ1n) is 6.84. The van der Waals surface area contributed by atoms with Gasteiger partial charge in [-0.3, -0.25) is 4.79 Å². The number of ether oxygens (including phenoxy) is 1. The first-order chi connectivity index (χ1) is 8.64. The second-order valence-electron chi connectivity index (χ2n) is 5.45. The highest BCUT2D eigenvalue weighted by molar-refractivity contribution is 7.99. The third-order valence-corrected chi connectivity index (χ3v) is 5.32. The molecule has 0 radical (unpaired) electrons. The van der Waals surface area contributed by atoms with E-state index in [1.54, 1.807) is 0 Å². The Morgan fingerprint density at radius 3 is 2.44 bits per heavy atom. The van der Waals surface area contributed by atoms with E-state index in [1.807, 2.05) is 11.8 Å². The van der Waals surface area contributed by atoms with Crippen LogP contribution in [0.3, 0.4) is 0 Å². The van der Waals surface area contributed by atoms with Crippen molar-refractivity contribution >= 4 is 17.7 Å². The summed E-state index contributed by atoms with van der Waals surface area (Å²) in [5.41, 5.74) is 5.48. The molecule has 0 aromatic rings. The summed E-state index contributed by atoms with van der Waals surface area (Å²) in [6, 6.07) is 0.323. The minimum Gasteiger partial charge on any atom is -0.381 e. The minimum atomic E-state index is -0.700. The van der Waals surface area contributed by atoms with E-state index in [-0.39, 0.29) is 5.91 Å². The number of rotatable bonds is 3. The van der Waals surface area contributed by atoms with E-state index in [1.165, 1.54) is 12.8 Å². The third kappa shape index (κ3) is 3.39. The Labute approximate surface area is 113 Å². The second-order valence-corrected chi connectivity index (χ2v) is 6.59. The molecule has 1 saturated carbocycles. The van der Waals surface area contributed by atoms with Crippen LogP contribution in [-0.4, -0.2) is 42.2 Å². The quantitative estimate of drug-likeness (QED) is 0.812. The van der Waals surface area contributed by atoms with E-state index in [9.17, 15) is 4.79 Å². The lowest BCUT2D eigenvalue weighted by molar-refractivity contribution is -0.130. The van der Waals surface area contributed by atoms with E-state index in [2.05, 4.69) is 11.6 Å². The molecule has 0 spiro atoms. The highest BCUT2D eigenvalue weighted by Crippen LogP contribution is 2.27. The minimum absolute atomic E-state index is 0.0263. The molecule has 1 aliphatic carbocycles. The molecule has 1 heterocycles. The van der Waals surface area contributed by atoms with Crippen molar-refractivity contribution in [3.8, 4) is 0 Å². The maximum absolute atomic E-state index is 12.2. The lowest BCUT2D eigenvalue weighted by Crippen LogP contribution is -2.59. The normalized spacial score (nSPS) is 31.9. The monoisotopic (exact) mass is 272 g/mol. The number of hydrogen-bond acceptors (Lipinski definition) is 4. The highest BCUT2D eigenvalue weighted by Gasteiger charge is 2.37. The summed E-state index contributed by atoms with van der Waals surface area (Å²) in [5.74, 6) is 0.0263. The molecule has 2 fully saturated rings. The van der Waals surface area contributed by atoms with E-state index in [4.69, 9.17) is 10.5 Å². The van der Waals surface area contributed by atoms with Crippen LogP contribution in [0.4, 0.5) is 0 Å². The van der Waals surface area contributed by atoms with Crippen LogP contribution in [0.2, 0.25) is 0 Å². The van der Waals surface area contributed by atoms with Crippen molar-refractivity contribution in [3.05, 3.63) is 0 Å². The molecule has 2 rings (SSSR count). The predicted octanol–water partition coefficient (Wildman–Crippen LogP) is 1.28. The van der Waals surface area contributed by atoms with Crippen LogP contribution >= 0.6 is 11.8 Å². The van der Waals surface area contributed by atoms with Crippen LogP contribution in [0.5, 0.6) is 0 Å². The van der Waals surface area contributed by atoms with Gasteiger partial charge in [-0.15, -0.1) is 0 Å². The van der Waals surface area contributed by atoms with Gasteiger partial charge in [-0.25, -0.2) is 0 Å². The summed E-state index contributed by atoms with van der Waals surface area (Å²) >= 11 is 1.94. The standard InChI is InChI=1S/C13H24N2O2S/c1-18-11-4-2-10(3-5-11)15-12(16)13(14)6-8-17-9-7-13/h10-11H,2-9,14H2,1H3,(H,15,16). The Morgan fingerprint density at radius 1 is 1.28 bits per heavy atom. The van der Waals surface area contributed by atoms with Crippen molar-refractivity contribution < 1.29 is 9.53 Å². The van der Waals surface area contributed by atoms with Gasteiger partial charge in [0.15, 0.2) is 0 Å². The molecule has 2 aliphatic rings. The molecule has 0 aromatic carbocycles. The molecule has 104 valence electrons. The summed E-state index contributed by atoms with van der Waals surface area (Å²) in [7, 11) is 0. The molecule has 3 N–H and O–H groups in total. The van der Waals surface area contributed by atoms with Crippen LogP contribution in [0.1, 0.15) is 38.5 Å². The molecule has 0 atom stereocenters. The molecule has 18 heavy (non-hydrogen) atoms. The molecule has 4 nitrogen and oxygen atoms in total. The number of carbonyl (C=O) groups excluding carboxylic acids is 1. The van der Waals surface area contributed by atoms with E-state index >= 15 is 0 Å². The summed E-state index contributed by atoms with van der Waals surface area (Å²) in [6.07, 6.45) is 8.02. The molecular weight excluding hydrogens is 248 g/mol. The molecule has 0 unspecified atom stereocenters. The average molecular weight is 272 g/mol. The Kier molecular flexibility index (Phi) is 4.92. The van der Waals surface area contributed by atoms with Crippen molar-refractivity contribution in [2.45, 2.75) is 55.4 Å². The lowest BCUT2D eigenvalue weighted by Gasteiger charge is -2.35. The van der Waals surface area contributed by atoms with Gasteiger partial charge in [-0.05, 0) is 44.8 Å². The second kappa shape index (κ2) is 6.26. The Balaban J connectivity index is 1.80. The number of nitrogens with one attached hydrogen (secondary N) is 1. The number of carbonyl (C=O) groups is 1. The Morgan fingerprint density at radius 2 is 1.89 bits per heavy atom. The maximum atomic E-state index is 12.2. The molecule has 1 saturated heterocycles. The van der Waals surface area contributed by atoms with Crippen molar-refractivity contribution in [1.82, 2.24) is 5.32 Å². The van der Waals surface area contributed by atoms with E-state index < -0.39 is 5.54 Å². The van der Waals surface area contributed by atoms with Gasteiger partial charge in [0.05, 0.1) is 5.54 Å². The summed E-state index contributed by atoms with van der Waals surface area (Å²) in [6.45, 7) is 1.20. The van der Waals surface area contributed by atoms with Gasteiger partial charge in [0, 0.05) is 24.5 Å². The average Bonchev–Trinajstić information content (AvgIpc) is 2.40. The largest absolute Gasteiger partial charge is 0.381 e. The lowest BCUT2D eigenvalue weighted by atomic mass is 9.88. The van der Waals surface area contributed by atoms with Gasteiger partial charge in [-0.2, -0.15) is 11.8 Å². The molecule has 1 aliphatic heterocycles. The van der Waals surface area contributed by atoms with Crippen molar-refractivity contribution in [2.24, 2.45) is 5.73 Å². The van der Waals surface area contributed by atoms with Gasteiger partial charge in [0.1, 0.15) is 0 Å². The first-order valence-corrected chi connectivity index (χ1v) is 8.13. The van der Waals surface area contributed by atoms with E-state index in [0.29, 0.717) is 32.1 Å². The van der Waals surface area contributed by atoms with Crippen molar-refractivity contribution in [1.29, 1.82) is 0 Å². The number of thioether (sulfide) groups is 1. The fourth-order valence-corrected chi connectivity index (χ4v) is 3.48. The highest BCUT2D eigenvalue weighted by atomic mass is 32.2. The summed E-state index contributed by atoms with van der Waals surface area (Å²) in [4.78, 5) is 12.2. The predicted molar refractivity (Wildman–Crippen MR) is 74.7 cm³/mol. The van der Waals surface area contributed by atoms with Crippen LogP contribution in [0, 0.1) is 0 Å². The molecule has 0 bridgehead atoms. The smallest absolute Gasteiger partial charge is 0.240 e. The maximum Gasteiger partial charge on any atom is 0.240 e. The van der Waals surface area contributed by atoms with Crippen LogP contribution < -0.4 is 11.1 Å². The zero-order valence-electron chi connectivity index (χ0n) is 11.1. The van der Waals surface area contributed by atoms with Gasteiger partial charge >= 0.3 is 0 Å². The number of nitrogens with two attached hydrogens (primary N) is 1. The third-order valence-electron chi connectivity index (χ3n) is 4.18. The topological polar surface area (TPSA) is 64.4 Å². The first kappa shape index (κ1) is 14.2. The van der Waals surface area contributed by atoms with Gasteiger partial charge < -0.3 is 15.8 Å². The Hall–Kier alpha value is -0.260. The molecule has 0 aromatic heterocycles. The van der Waals surface area contributed by atoms with Crippen molar-refractivity contribution in [2.75, 3.05) is 19.5 Å². The molecule has 1 amide bonds. The van der Waals surface area contributed by atoms with Gasteiger partial charge in [0.2, 0.25) is 5.91 Å². The zero-order valence-corrected chi connectivity index (χ0v) is 11.9. The van der Waals surface area contributed by atoms with Gasteiger partial charge in [0.25, 0.3) is 0 Å².